The lowest BCUT2D eigenvalue weighted by atomic mass is 10.1. The molecule has 1 saturated heterocycles. The van der Waals surface area contributed by atoms with Gasteiger partial charge in [-0.15, -0.1) is 0 Å². The summed E-state index contributed by atoms with van der Waals surface area (Å²) in [6.45, 7) is 3.31. The fourth-order valence-corrected chi connectivity index (χ4v) is 3.64. The normalized spacial score (nSPS) is 16.2. The van der Waals surface area contributed by atoms with Crippen LogP contribution in [0.4, 0.5) is 5.69 Å². The van der Waals surface area contributed by atoms with Crippen molar-refractivity contribution < 1.29 is 23.8 Å². The van der Waals surface area contributed by atoms with Crippen molar-refractivity contribution in [3.63, 3.8) is 0 Å². The number of hydrogen-bond donors (Lipinski definition) is 0. The molecule has 1 heterocycles. The van der Waals surface area contributed by atoms with Crippen LogP contribution >= 0.6 is 0 Å². The van der Waals surface area contributed by atoms with Crippen LogP contribution in [0.25, 0.3) is 0 Å². The van der Waals surface area contributed by atoms with Crippen molar-refractivity contribution in [1.82, 2.24) is 4.90 Å². The molecule has 0 aliphatic carbocycles. The number of rotatable bonds is 10. The lowest BCUT2D eigenvalue weighted by Crippen LogP contribution is -2.40. The number of carbonyl (C=O) groups excluding carboxylic acids is 2. The Bertz CT molecular complexity index is 913. The number of imide groups is 1. The first-order chi connectivity index (χ1) is 15.0. The van der Waals surface area contributed by atoms with E-state index in [1.165, 1.54) is 4.90 Å². The molecule has 0 spiro atoms. The van der Waals surface area contributed by atoms with E-state index in [9.17, 15) is 9.59 Å². The van der Waals surface area contributed by atoms with Crippen LogP contribution in [-0.4, -0.2) is 57.2 Å². The van der Waals surface area contributed by atoms with Gasteiger partial charge in [0.05, 0.1) is 39.0 Å². The van der Waals surface area contributed by atoms with Gasteiger partial charge in [0.25, 0.3) is 5.91 Å². The van der Waals surface area contributed by atoms with Crippen LogP contribution in [0.3, 0.4) is 0 Å². The zero-order chi connectivity index (χ0) is 22.4. The molecular weight excluding hydrogens is 396 g/mol. The molecule has 31 heavy (non-hydrogen) atoms. The van der Waals surface area contributed by atoms with Gasteiger partial charge in [-0.1, -0.05) is 13.0 Å². The van der Waals surface area contributed by atoms with E-state index in [0.29, 0.717) is 30.3 Å². The maximum absolute atomic E-state index is 13.0. The second-order valence-electron chi connectivity index (χ2n) is 7.55. The number of benzene rings is 2. The van der Waals surface area contributed by atoms with Gasteiger partial charge in [0, 0.05) is 6.54 Å². The lowest BCUT2D eigenvalue weighted by molar-refractivity contribution is -0.122. The molecule has 3 rings (SSSR count). The molecule has 0 aromatic heterocycles. The van der Waals surface area contributed by atoms with Gasteiger partial charge in [0.1, 0.15) is 5.75 Å². The molecule has 7 nitrogen and oxygen atoms in total. The van der Waals surface area contributed by atoms with Crippen molar-refractivity contribution in [2.24, 2.45) is 0 Å². The van der Waals surface area contributed by atoms with E-state index < -0.39 is 6.04 Å². The van der Waals surface area contributed by atoms with E-state index in [-0.39, 0.29) is 18.2 Å². The van der Waals surface area contributed by atoms with Crippen LogP contribution in [0.2, 0.25) is 0 Å². The highest BCUT2D eigenvalue weighted by Gasteiger charge is 2.41. The SMILES string of the molecule is CCCOc1ccc(N2C(=O)CC(N(C)CCc3ccc(OC)c(OC)c3)C2=O)cc1. The van der Waals surface area contributed by atoms with E-state index in [0.717, 1.165) is 24.2 Å². The van der Waals surface area contributed by atoms with Crippen LogP contribution in [-0.2, 0) is 16.0 Å². The van der Waals surface area contributed by atoms with E-state index in [4.69, 9.17) is 14.2 Å². The number of methoxy groups -OCH3 is 2. The van der Waals surface area contributed by atoms with Crippen LogP contribution in [0.5, 0.6) is 17.2 Å². The van der Waals surface area contributed by atoms with Gasteiger partial charge in [-0.2, -0.15) is 0 Å². The third kappa shape index (κ3) is 5.17. The van der Waals surface area contributed by atoms with Crippen LogP contribution < -0.4 is 19.1 Å². The van der Waals surface area contributed by atoms with Gasteiger partial charge < -0.3 is 14.2 Å². The molecule has 7 heteroatoms. The van der Waals surface area contributed by atoms with Gasteiger partial charge >= 0.3 is 0 Å². The van der Waals surface area contributed by atoms with Crippen LogP contribution in [0.15, 0.2) is 42.5 Å². The van der Waals surface area contributed by atoms with Crippen molar-refractivity contribution in [3.05, 3.63) is 48.0 Å². The molecule has 2 aromatic rings. The molecule has 1 aliphatic rings. The molecule has 1 atom stereocenters. The average Bonchev–Trinajstić information content (AvgIpc) is 3.10. The maximum Gasteiger partial charge on any atom is 0.251 e. The molecule has 0 saturated carbocycles. The van der Waals surface area contributed by atoms with Crippen molar-refractivity contribution in [2.75, 3.05) is 39.3 Å². The summed E-state index contributed by atoms with van der Waals surface area (Å²) in [4.78, 5) is 28.8. The van der Waals surface area contributed by atoms with Gasteiger partial charge in [-0.05, 0) is 61.9 Å². The predicted octanol–water partition coefficient (Wildman–Crippen LogP) is 3.30. The quantitative estimate of drug-likeness (QED) is 0.543. The first-order valence-electron chi connectivity index (χ1n) is 10.5. The second kappa shape index (κ2) is 10.3. The maximum atomic E-state index is 13.0. The van der Waals surface area contributed by atoms with Crippen LogP contribution in [0, 0.1) is 0 Å². The Balaban J connectivity index is 1.63. The fraction of sp³-hybridized carbons (Fsp3) is 0.417. The Morgan fingerprint density at radius 1 is 1.03 bits per heavy atom. The molecule has 2 amide bonds. The third-order valence-electron chi connectivity index (χ3n) is 5.42. The number of hydrogen-bond acceptors (Lipinski definition) is 6. The van der Waals surface area contributed by atoms with Crippen LogP contribution in [0.1, 0.15) is 25.3 Å². The number of nitrogens with zero attached hydrogens (tertiary/aromatic N) is 2. The summed E-state index contributed by atoms with van der Waals surface area (Å²) >= 11 is 0. The highest BCUT2D eigenvalue weighted by Crippen LogP contribution is 2.29. The van der Waals surface area contributed by atoms with E-state index in [2.05, 4.69) is 0 Å². The molecule has 166 valence electrons. The monoisotopic (exact) mass is 426 g/mol. The number of carbonyl (C=O) groups is 2. The Morgan fingerprint density at radius 2 is 1.74 bits per heavy atom. The van der Waals surface area contributed by atoms with Crippen molar-refractivity contribution in [2.45, 2.75) is 32.2 Å². The summed E-state index contributed by atoms with van der Waals surface area (Å²) in [5.41, 5.74) is 1.65. The Hall–Kier alpha value is -3.06. The number of likely N-dealkylation sites (N-methyl/N-ethyl adjacent to an activating group) is 1. The minimum absolute atomic E-state index is 0.176. The van der Waals surface area contributed by atoms with E-state index >= 15 is 0 Å². The van der Waals surface area contributed by atoms with Crippen molar-refractivity contribution in [3.8, 4) is 17.2 Å². The Labute approximate surface area is 183 Å². The Morgan fingerprint density at radius 3 is 2.39 bits per heavy atom. The number of anilines is 1. The third-order valence-corrected chi connectivity index (χ3v) is 5.42. The molecule has 0 bridgehead atoms. The number of ether oxygens (including phenoxy) is 3. The minimum atomic E-state index is -0.469. The lowest BCUT2D eigenvalue weighted by Gasteiger charge is -2.23. The molecule has 1 unspecified atom stereocenters. The minimum Gasteiger partial charge on any atom is -0.494 e. The van der Waals surface area contributed by atoms with Gasteiger partial charge in [-0.25, -0.2) is 4.90 Å². The zero-order valence-corrected chi connectivity index (χ0v) is 18.6. The summed E-state index contributed by atoms with van der Waals surface area (Å²) in [6, 6.07) is 12.4. The zero-order valence-electron chi connectivity index (χ0n) is 18.6. The van der Waals surface area contributed by atoms with Gasteiger partial charge in [0.15, 0.2) is 11.5 Å². The molecule has 2 aromatic carbocycles. The molecule has 1 fully saturated rings. The second-order valence-corrected chi connectivity index (χ2v) is 7.55. The molecular formula is C24H30N2O5. The summed E-state index contributed by atoms with van der Waals surface area (Å²) < 4.78 is 16.2. The summed E-state index contributed by atoms with van der Waals surface area (Å²) in [6.07, 6.45) is 1.82. The average molecular weight is 427 g/mol. The number of amides is 2. The highest BCUT2D eigenvalue weighted by molar-refractivity contribution is 6.22. The van der Waals surface area contributed by atoms with Crippen molar-refractivity contribution in [1.29, 1.82) is 0 Å². The van der Waals surface area contributed by atoms with E-state index in [1.807, 2.05) is 37.1 Å². The molecule has 0 radical (unpaired) electrons. The fourth-order valence-electron chi connectivity index (χ4n) is 3.64. The molecule has 0 N–H and O–H groups in total. The van der Waals surface area contributed by atoms with Gasteiger partial charge in [0.2, 0.25) is 5.91 Å². The standard InChI is InChI=1S/C24H30N2O5/c1-5-14-31-19-9-7-18(8-10-19)26-23(27)16-20(24(26)28)25(2)13-12-17-6-11-21(29-3)22(15-17)30-4/h6-11,15,20H,5,12-14,16H2,1-4H3. The summed E-state index contributed by atoms with van der Waals surface area (Å²) in [7, 11) is 5.08. The topological polar surface area (TPSA) is 68.3 Å². The largest absolute Gasteiger partial charge is 0.494 e. The first-order valence-corrected chi connectivity index (χ1v) is 10.5. The Kier molecular flexibility index (Phi) is 7.52. The summed E-state index contributed by atoms with van der Waals surface area (Å²) in [5.74, 6) is 1.70. The van der Waals surface area contributed by atoms with Gasteiger partial charge in [-0.3, -0.25) is 14.5 Å². The van der Waals surface area contributed by atoms with Crippen molar-refractivity contribution >= 4 is 17.5 Å². The first kappa shape index (κ1) is 22.6. The smallest absolute Gasteiger partial charge is 0.251 e. The summed E-state index contributed by atoms with van der Waals surface area (Å²) in [5, 5.41) is 0. The predicted molar refractivity (Wildman–Crippen MR) is 119 cm³/mol. The van der Waals surface area contributed by atoms with E-state index in [1.54, 1.807) is 38.5 Å². The molecule has 1 aliphatic heterocycles. The highest BCUT2D eigenvalue weighted by atomic mass is 16.5.